The van der Waals surface area contributed by atoms with E-state index < -0.39 is 5.92 Å². The Balaban J connectivity index is 1.85. The molecule has 3 aromatic rings. The number of hydrogen-bond donors (Lipinski definition) is 0. The first-order valence-electron chi connectivity index (χ1n) is 6.63. The third-order valence-electron chi connectivity index (χ3n) is 3.14. The van der Waals surface area contributed by atoms with Gasteiger partial charge in [0.2, 0.25) is 5.89 Å². The highest BCUT2D eigenvalue weighted by molar-refractivity contribution is 6.00. The van der Waals surface area contributed by atoms with E-state index in [4.69, 9.17) is 4.42 Å². The highest BCUT2D eigenvalue weighted by atomic mass is 16.3. The van der Waals surface area contributed by atoms with Gasteiger partial charge in [-0.15, -0.1) is 0 Å². The van der Waals surface area contributed by atoms with E-state index in [0.29, 0.717) is 11.1 Å². The number of ketones is 1. The van der Waals surface area contributed by atoms with E-state index in [9.17, 15) is 10.1 Å². The molecule has 0 N–H and O–H groups in total. The lowest BCUT2D eigenvalue weighted by Crippen LogP contribution is -2.08. The van der Waals surface area contributed by atoms with Crippen LogP contribution in [-0.2, 0) is 11.8 Å². The monoisotopic (exact) mass is 292 g/mol. The number of fused-ring (bicyclic) bond motifs is 1. The summed E-state index contributed by atoms with van der Waals surface area (Å²) in [5.41, 5.74) is 1.97. The molecule has 3 rings (SSSR count). The molecule has 2 aromatic heterocycles. The zero-order valence-corrected chi connectivity index (χ0v) is 11.8. The van der Waals surface area contributed by atoms with Crippen molar-refractivity contribution in [2.24, 2.45) is 7.05 Å². The van der Waals surface area contributed by atoms with Gasteiger partial charge in [0.05, 0.1) is 12.3 Å². The van der Waals surface area contributed by atoms with Crippen LogP contribution in [0.3, 0.4) is 0 Å². The molecule has 22 heavy (non-hydrogen) atoms. The molecule has 108 valence electrons. The molecule has 0 bridgehead atoms. The first kappa shape index (κ1) is 13.8. The summed E-state index contributed by atoms with van der Waals surface area (Å²) >= 11 is 0. The van der Waals surface area contributed by atoms with Gasteiger partial charge >= 0.3 is 0 Å². The van der Waals surface area contributed by atoms with Gasteiger partial charge in [-0.3, -0.25) is 9.48 Å². The van der Waals surface area contributed by atoms with E-state index in [1.807, 2.05) is 18.2 Å². The summed E-state index contributed by atoms with van der Waals surface area (Å²) < 4.78 is 7.13. The smallest absolute Gasteiger partial charge is 0.220 e. The van der Waals surface area contributed by atoms with Crippen molar-refractivity contribution in [2.45, 2.75) is 5.92 Å². The van der Waals surface area contributed by atoms with E-state index in [2.05, 4.69) is 10.1 Å². The average Bonchev–Trinajstić information content (AvgIpc) is 3.11. The third-order valence-corrected chi connectivity index (χ3v) is 3.14. The van der Waals surface area contributed by atoms with Crippen LogP contribution in [0.15, 0.2) is 47.2 Å². The summed E-state index contributed by atoms with van der Waals surface area (Å²) in [7, 11) is 1.79. The lowest BCUT2D eigenvalue weighted by molar-refractivity contribution is -0.115. The fourth-order valence-corrected chi connectivity index (χ4v) is 2.05. The predicted molar refractivity (Wildman–Crippen MR) is 79.6 cm³/mol. The molecule has 0 radical (unpaired) electrons. The molecule has 6 nitrogen and oxygen atoms in total. The second kappa shape index (κ2) is 5.66. The van der Waals surface area contributed by atoms with Crippen molar-refractivity contribution in [3.63, 3.8) is 0 Å². The van der Waals surface area contributed by atoms with Gasteiger partial charge in [-0.2, -0.15) is 10.4 Å². The number of carbonyl (C=O) groups excluding carboxylic acids is 1. The lowest BCUT2D eigenvalue weighted by Gasteiger charge is -1.98. The number of carbonyl (C=O) groups is 1. The molecule has 0 spiro atoms. The molecule has 0 saturated carbocycles. The van der Waals surface area contributed by atoms with E-state index >= 15 is 0 Å². The van der Waals surface area contributed by atoms with Crippen LogP contribution < -0.4 is 0 Å². The van der Waals surface area contributed by atoms with Crippen molar-refractivity contribution in [1.82, 2.24) is 14.8 Å². The number of benzene rings is 1. The zero-order chi connectivity index (χ0) is 15.5. The van der Waals surface area contributed by atoms with E-state index in [1.165, 1.54) is 6.08 Å². The van der Waals surface area contributed by atoms with Crippen LogP contribution in [0.25, 0.3) is 17.2 Å². The maximum atomic E-state index is 12.2. The summed E-state index contributed by atoms with van der Waals surface area (Å²) in [5, 5.41) is 13.3. The predicted octanol–water partition coefficient (Wildman–Crippen LogP) is 2.45. The van der Waals surface area contributed by atoms with E-state index in [0.717, 1.165) is 5.56 Å². The minimum atomic E-state index is -1.06. The molecule has 0 aliphatic carbocycles. The topological polar surface area (TPSA) is 84.7 Å². The number of nitriles is 1. The summed E-state index contributed by atoms with van der Waals surface area (Å²) in [5.74, 6) is -1.32. The van der Waals surface area contributed by atoms with Gasteiger partial charge in [0.25, 0.3) is 0 Å². The fraction of sp³-hybridized carbons (Fsp3) is 0.125. The van der Waals surface area contributed by atoms with Gasteiger partial charge in [-0.25, -0.2) is 4.98 Å². The van der Waals surface area contributed by atoms with Crippen molar-refractivity contribution < 1.29 is 9.21 Å². The van der Waals surface area contributed by atoms with Gasteiger partial charge in [0.15, 0.2) is 17.3 Å². The van der Waals surface area contributed by atoms with Crippen LogP contribution in [0.5, 0.6) is 0 Å². The number of nitrogens with zero attached hydrogens (tertiary/aromatic N) is 4. The van der Waals surface area contributed by atoms with E-state index in [-0.39, 0.29) is 11.7 Å². The van der Waals surface area contributed by atoms with Crippen molar-refractivity contribution in [3.05, 3.63) is 54.2 Å². The highest BCUT2D eigenvalue weighted by Gasteiger charge is 2.23. The third kappa shape index (κ3) is 2.65. The van der Waals surface area contributed by atoms with Crippen LogP contribution in [0.4, 0.5) is 0 Å². The molecule has 1 aromatic carbocycles. The number of aryl methyl sites for hydroxylation is 1. The zero-order valence-electron chi connectivity index (χ0n) is 11.8. The second-order valence-electron chi connectivity index (χ2n) is 4.76. The van der Waals surface area contributed by atoms with Gasteiger partial charge in [0.1, 0.15) is 5.52 Å². The van der Waals surface area contributed by atoms with Crippen LogP contribution in [0, 0.1) is 11.3 Å². The number of para-hydroxylation sites is 2. The Bertz CT molecular complexity index is 865. The van der Waals surface area contributed by atoms with Gasteiger partial charge in [-0.1, -0.05) is 12.1 Å². The number of oxazole rings is 1. The Hall–Kier alpha value is -3.20. The van der Waals surface area contributed by atoms with Gasteiger partial charge in [0, 0.05) is 18.8 Å². The van der Waals surface area contributed by atoms with Crippen LogP contribution in [0.1, 0.15) is 17.4 Å². The summed E-state index contributed by atoms with van der Waals surface area (Å²) in [6, 6.07) is 9.09. The Morgan fingerprint density at radius 2 is 2.27 bits per heavy atom. The maximum absolute atomic E-state index is 12.2. The molecule has 6 heteroatoms. The Morgan fingerprint density at radius 1 is 1.45 bits per heavy atom. The standard InChI is InChI=1S/C16H12N4O2/c1-20-10-11(9-18-20)6-7-14(21)12(8-17)16-19-13-4-2-3-5-15(13)22-16/h2-7,9-10,12H,1H3/b7-6+/t12-/m1/s1. The van der Waals surface area contributed by atoms with Crippen molar-refractivity contribution in [3.8, 4) is 6.07 Å². The first-order valence-corrected chi connectivity index (χ1v) is 6.63. The summed E-state index contributed by atoms with van der Waals surface area (Å²) in [4.78, 5) is 16.4. The molecular formula is C16H12N4O2. The molecular weight excluding hydrogens is 280 g/mol. The lowest BCUT2D eigenvalue weighted by atomic mass is 10.1. The normalized spacial score (nSPS) is 12.5. The molecule has 1 atom stereocenters. The molecule has 0 fully saturated rings. The molecule has 0 unspecified atom stereocenters. The van der Waals surface area contributed by atoms with Gasteiger partial charge < -0.3 is 4.42 Å². The Labute approximate surface area is 126 Å². The SMILES string of the molecule is Cn1cc(/C=C/C(=O)[C@@H](C#N)c2nc3ccccc3o2)cn1. The molecule has 2 heterocycles. The molecule has 0 amide bonds. The summed E-state index contributed by atoms with van der Waals surface area (Å²) in [6.07, 6.45) is 6.36. The number of aromatic nitrogens is 3. The molecule has 0 aliphatic heterocycles. The van der Waals surface area contributed by atoms with Crippen molar-refractivity contribution in [1.29, 1.82) is 5.26 Å². The fourth-order valence-electron chi connectivity index (χ4n) is 2.05. The minimum Gasteiger partial charge on any atom is -0.439 e. The molecule has 0 saturated heterocycles. The van der Waals surface area contributed by atoms with Crippen LogP contribution >= 0.6 is 0 Å². The first-order chi connectivity index (χ1) is 10.7. The largest absolute Gasteiger partial charge is 0.439 e. The average molecular weight is 292 g/mol. The van der Waals surface area contributed by atoms with Crippen LogP contribution in [-0.4, -0.2) is 20.5 Å². The maximum Gasteiger partial charge on any atom is 0.220 e. The van der Waals surface area contributed by atoms with Gasteiger partial charge in [-0.05, 0) is 24.3 Å². The van der Waals surface area contributed by atoms with E-state index in [1.54, 1.807) is 42.3 Å². The molecule has 0 aliphatic rings. The number of allylic oxidation sites excluding steroid dienone is 1. The van der Waals surface area contributed by atoms with Crippen molar-refractivity contribution >= 4 is 23.0 Å². The minimum absolute atomic E-state index is 0.115. The quantitative estimate of drug-likeness (QED) is 0.689. The Morgan fingerprint density at radius 3 is 2.95 bits per heavy atom. The number of rotatable bonds is 4. The highest BCUT2D eigenvalue weighted by Crippen LogP contribution is 2.22. The van der Waals surface area contributed by atoms with Crippen molar-refractivity contribution in [2.75, 3.05) is 0 Å². The Kier molecular flexibility index (Phi) is 3.54. The summed E-state index contributed by atoms with van der Waals surface area (Å²) in [6.45, 7) is 0. The van der Waals surface area contributed by atoms with Crippen LogP contribution in [0.2, 0.25) is 0 Å². The number of hydrogen-bond acceptors (Lipinski definition) is 5. The second-order valence-corrected chi connectivity index (χ2v) is 4.76.